The fourth-order valence-corrected chi connectivity index (χ4v) is 8.94. The molecule has 1 fully saturated rings. The fourth-order valence-electron chi connectivity index (χ4n) is 8.94. The molecule has 6 unspecified atom stereocenters. The third-order valence-corrected chi connectivity index (χ3v) is 11.6. The van der Waals surface area contributed by atoms with E-state index in [-0.39, 0.29) is 50.6 Å². The minimum Gasteiger partial charge on any atom is -0.496 e. The van der Waals surface area contributed by atoms with Crippen molar-refractivity contribution in [2.24, 2.45) is 22.9 Å². The van der Waals surface area contributed by atoms with E-state index < -0.39 is 29.4 Å². The van der Waals surface area contributed by atoms with Crippen LogP contribution in [0.1, 0.15) is 93.1 Å². The maximum Gasteiger partial charge on any atom is 0.410 e. The number of carbonyl (C=O) groups excluding carboxylic acids is 2. The van der Waals surface area contributed by atoms with E-state index in [9.17, 15) is 19.8 Å². The lowest BCUT2D eigenvalue weighted by Crippen LogP contribution is -2.69. The summed E-state index contributed by atoms with van der Waals surface area (Å²) < 4.78 is 31.9. The van der Waals surface area contributed by atoms with Crippen molar-refractivity contribution in [2.45, 2.75) is 95.7 Å². The molecule has 0 bridgehead atoms. The quantitative estimate of drug-likeness (QED) is 0.0520. The lowest BCUT2D eigenvalue weighted by atomic mass is 9.55. The van der Waals surface area contributed by atoms with Crippen molar-refractivity contribution in [1.82, 2.24) is 4.90 Å². The lowest BCUT2D eigenvalue weighted by Gasteiger charge is -2.59. The Bertz CT molecular complexity index is 2010. The van der Waals surface area contributed by atoms with Crippen LogP contribution in [0.15, 0.2) is 96.2 Å². The predicted octanol–water partition coefficient (Wildman–Crippen LogP) is 9.00. The van der Waals surface area contributed by atoms with Crippen molar-refractivity contribution in [3.05, 3.63) is 108 Å². The molecule has 3 aromatic carbocycles. The number of aliphatic hydroxyl groups excluding tert-OH is 2. The molecular weight excluding hydrogens is 765 g/mol. The molecule has 0 saturated heterocycles. The largest absolute Gasteiger partial charge is 0.496 e. The Kier molecular flexibility index (Phi) is 14.7. The molecule has 1 aliphatic heterocycles. The third kappa shape index (κ3) is 9.88. The Labute approximate surface area is 353 Å². The van der Waals surface area contributed by atoms with Gasteiger partial charge in [-0.25, -0.2) is 4.79 Å². The van der Waals surface area contributed by atoms with Gasteiger partial charge in [-0.2, -0.15) is 0 Å². The maximum absolute atomic E-state index is 14.2. The molecule has 1 amide bonds. The molecule has 6 rings (SSSR count). The zero-order chi connectivity index (χ0) is 42.9. The number of unbranched alkanes of at least 4 members (excludes halogenated alkanes) is 2. The summed E-state index contributed by atoms with van der Waals surface area (Å²) in [6.07, 6.45) is 8.89. The number of fused-ring (bicyclic) bond motifs is 2. The van der Waals surface area contributed by atoms with Crippen molar-refractivity contribution in [1.29, 1.82) is 0 Å². The van der Waals surface area contributed by atoms with Crippen LogP contribution in [0.2, 0.25) is 0 Å². The Balaban J connectivity index is 1.54. The average molecular weight is 825 g/mol. The summed E-state index contributed by atoms with van der Waals surface area (Å²) in [5.74, 6) is -0.0661. The zero-order valence-electron chi connectivity index (χ0n) is 35.5. The maximum atomic E-state index is 14.2. The van der Waals surface area contributed by atoms with Crippen molar-refractivity contribution >= 4 is 18.1 Å². The topological polar surface area (TPSA) is 146 Å². The Morgan fingerprint density at radius 2 is 1.72 bits per heavy atom. The number of allylic oxidation sites excluding steroid dienone is 1. The number of amides is 1. The number of hydrogen-bond donors (Lipinski definition) is 2. The summed E-state index contributed by atoms with van der Waals surface area (Å²) in [4.78, 5) is 33.8. The van der Waals surface area contributed by atoms with E-state index in [0.29, 0.717) is 47.1 Å². The first-order valence-corrected chi connectivity index (χ1v) is 21.0. The van der Waals surface area contributed by atoms with Crippen LogP contribution < -0.4 is 14.2 Å². The van der Waals surface area contributed by atoms with Crippen molar-refractivity contribution in [2.75, 3.05) is 34.0 Å². The second-order valence-electron chi connectivity index (χ2n) is 16.8. The van der Waals surface area contributed by atoms with Gasteiger partial charge in [0.15, 0.2) is 6.29 Å². The second kappa shape index (κ2) is 19.9. The summed E-state index contributed by atoms with van der Waals surface area (Å²) in [6.45, 7) is 10.2. The highest BCUT2D eigenvalue weighted by Crippen LogP contribution is 2.62. The zero-order valence-corrected chi connectivity index (χ0v) is 35.5. The molecule has 1 saturated carbocycles. The van der Waals surface area contributed by atoms with Gasteiger partial charge < -0.3 is 43.6 Å². The first kappa shape index (κ1) is 44.4. The molecule has 1 heterocycles. The van der Waals surface area contributed by atoms with Crippen LogP contribution in [0.4, 0.5) is 4.79 Å². The van der Waals surface area contributed by atoms with Crippen molar-refractivity contribution in [3.8, 4) is 23.0 Å². The van der Waals surface area contributed by atoms with E-state index in [4.69, 9.17) is 33.7 Å². The molecule has 0 radical (unpaired) electrons. The molecular formula is C48H60N2O10. The summed E-state index contributed by atoms with van der Waals surface area (Å²) in [6, 6.07) is 19.6. The highest BCUT2D eigenvalue weighted by atomic mass is 16.7. The van der Waals surface area contributed by atoms with Crippen LogP contribution in [0, 0.1) is 17.8 Å². The van der Waals surface area contributed by atoms with Gasteiger partial charge >= 0.3 is 6.09 Å². The number of benzene rings is 3. The van der Waals surface area contributed by atoms with Crippen LogP contribution in [0.25, 0.3) is 0 Å². The number of carbonyl (C=O) groups is 2. The third-order valence-electron chi connectivity index (χ3n) is 11.6. The number of ether oxygens (including phenoxy) is 5. The van der Waals surface area contributed by atoms with Gasteiger partial charge in [0.1, 0.15) is 41.2 Å². The molecule has 2 aliphatic carbocycles. The molecule has 3 aromatic rings. The summed E-state index contributed by atoms with van der Waals surface area (Å²) >= 11 is 0. The Hall–Kier alpha value is -5.17. The number of methoxy groups -OCH3 is 1. The van der Waals surface area contributed by atoms with Crippen molar-refractivity contribution in [3.63, 3.8) is 0 Å². The summed E-state index contributed by atoms with van der Waals surface area (Å²) in [5.41, 5.74) is 3.12. The molecule has 2 N–H and O–H groups in total. The predicted molar refractivity (Wildman–Crippen MR) is 229 cm³/mol. The minimum absolute atomic E-state index is 0.0233. The standard InChI is InChI=1S/C48H60N2O10/c1-7-25-57-48-43(50(5)46(54)56-31-32-15-9-8-10-16-32)29-40(49-60-47(2,3)4)38-27-33(17-11-13-23-51)37(18-12-14-24-52)44(45(38)48)39-28-36(20-22-42(39)59-48)58-35-19-21-41(55-6)34(26-35)30-53/h7-10,15-16,19-22,26-28,30,33,37,43-45,51-52H,1,11-14,17-18,23-25,29,31H2,2-6H3. The highest BCUT2D eigenvalue weighted by Gasteiger charge is 2.65. The summed E-state index contributed by atoms with van der Waals surface area (Å²) in [7, 11) is 3.22. The molecule has 3 aliphatic rings. The fraction of sp³-hybridized carbons (Fsp3) is 0.479. The van der Waals surface area contributed by atoms with E-state index >= 15 is 0 Å². The number of nitrogens with zero attached hydrogens (tertiary/aromatic N) is 2. The normalized spacial score (nSPS) is 23.6. The first-order valence-electron chi connectivity index (χ1n) is 21.0. The van der Waals surface area contributed by atoms with Crippen LogP contribution in [-0.2, 0) is 20.9 Å². The van der Waals surface area contributed by atoms with Gasteiger partial charge in [-0.1, -0.05) is 60.5 Å². The SMILES string of the molecule is C=CCOC12Oc3ccc(Oc4ccc(OC)c(C=O)c4)cc3C3C(CCCCO)C(CCCCO)C=C(C(=NOC(C)(C)C)CC1N(C)C(=O)OCc1ccccc1)C32. The molecule has 12 nitrogen and oxygen atoms in total. The van der Waals surface area contributed by atoms with Gasteiger partial charge in [0.05, 0.1) is 30.9 Å². The molecule has 12 heteroatoms. The molecule has 322 valence electrons. The smallest absolute Gasteiger partial charge is 0.410 e. The van der Waals surface area contributed by atoms with E-state index in [0.717, 1.165) is 48.7 Å². The van der Waals surface area contributed by atoms with Gasteiger partial charge in [0.25, 0.3) is 0 Å². The highest BCUT2D eigenvalue weighted by molar-refractivity contribution is 6.03. The molecule has 0 spiro atoms. The van der Waals surface area contributed by atoms with Crippen LogP contribution in [0.5, 0.6) is 23.0 Å². The average Bonchev–Trinajstić information content (AvgIpc) is 3.25. The van der Waals surface area contributed by atoms with E-state index in [1.165, 1.54) is 7.11 Å². The van der Waals surface area contributed by atoms with E-state index in [1.807, 2.05) is 69.3 Å². The number of aliphatic hydroxyl groups is 2. The number of rotatable bonds is 19. The Morgan fingerprint density at radius 3 is 2.40 bits per heavy atom. The lowest BCUT2D eigenvalue weighted by molar-refractivity contribution is -0.253. The van der Waals surface area contributed by atoms with Gasteiger partial charge in [0, 0.05) is 38.2 Å². The van der Waals surface area contributed by atoms with E-state index in [1.54, 1.807) is 36.2 Å². The molecule has 0 aromatic heterocycles. The number of hydrogen-bond acceptors (Lipinski definition) is 11. The van der Waals surface area contributed by atoms with Gasteiger partial charge in [-0.3, -0.25) is 4.79 Å². The molecule has 60 heavy (non-hydrogen) atoms. The Morgan fingerprint density at radius 1 is 1.00 bits per heavy atom. The number of aldehydes is 1. The monoisotopic (exact) mass is 824 g/mol. The van der Waals surface area contributed by atoms with Crippen LogP contribution in [-0.4, -0.2) is 84.6 Å². The van der Waals surface area contributed by atoms with Gasteiger partial charge in [-0.15, -0.1) is 6.58 Å². The molecule has 6 atom stereocenters. The van der Waals surface area contributed by atoms with Crippen molar-refractivity contribution < 1.29 is 48.3 Å². The summed E-state index contributed by atoms with van der Waals surface area (Å²) in [5, 5.41) is 24.6. The van der Waals surface area contributed by atoms with Crippen LogP contribution >= 0.6 is 0 Å². The minimum atomic E-state index is -1.43. The second-order valence-corrected chi connectivity index (χ2v) is 16.8. The number of oxime groups is 1. The first-order chi connectivity index (χ1) is 29.0. The van der Waals surface area contributed by atoms with Crippen LogP contribution in [0.3, 0.4) is 0 Å². The van der Waals surface area contributed by atoms with Gasteiger partial charge in [0.2, 0.25) is 5.79 Å². The van der Waals surface area contributed by atoms with E-state index in [2.05, 4.69) is 12.7 Å². The number of likely N-dealkylation sites (N-methyl/N-ethyl adjacent to an activating group) is 1. The van der Waals surface area contributed by atoms with Gasteiger partial charge in [-0.05, 0) is 106 Å².